The molecule has 2 nitrogen and oxygen atoms in total. The predicted octanol–water partition coefficient (Wildman–Crippen LogP) is 8.26. The quantitative estimate of drug-likeness (QED) is 0.258. The van der Waals surface area contributed by atoms with Crippen molar-refractivity contribution in [1.82, 2.24) is 4.90 Å². The van der Waals surface area contributed by atoms with E-state index in [1.54, 1.807) is 0 Å². The van der Waals surface area contributed by atoms with Crippen LogP contribution in [0.5, 0.6) is 5.75 Å². The van der Waals surface area contributed by atoms with Crippen molar-refractivity contribution in [2.24, 2.45) is 0 Å². The van der Waals surface area contributed by atoms with Crippen molar-refractivity contribution in [3.63, 3.8) is 0 Å². The number of rotatable bonds is 10. The maximum atomic E-state index is 6.79. The van der Waals surface area contributed by atoms with Crippen LogP contribution in [0.25, 0.3) is 0 Å². The van der Waals surface area contributed by atoms with Gasteiger partial charge >= 0.3 is 0 Å². The average molecular weight is 504 g/mol. The second-order valence-corrected chi connectivity index (χ2v) is 13.3. The highest BCUT2D eigenvalue weighted by molar-refractivity contribution is 7.48. The van der Waals surface area contributed by atoms with Gasteiger partial charge in [0.1, 0.15) is 12.4 Å². The number of ether oxygens (including phenoxy) is 1. The molecule has 3 aromatic rings. The average Bonchev–Trinajstić information content (AvgIpc) is 2.82. The van der Waals surface area contributed by atoms with Crippen molar-refractivity contribution in [3.05, 3.63) is 94.0 Å². The summed E-state index contributed by atoms with van der Waals surface area (Å²) in [6, 6.07) is 22.3. The van der Waals surface area contributed by atoms with Crippen LogP contribution in [0.2, 0.25) is 0 Å². The molecule has 194 valence electrons. The summed E-state index contributed by atoms with van der Waals surface area (Å²) in [5, 5.41) is 1.50. The predicted molar refractivity (Wildman–Crippen MR) is 159 cm³/mol. The molecule has 0 bridgehead atoms. The molecule has 0 radical (unpaired) electrons. The Balaban J connectivity index is 2.17. The maximum Gasteiger partial charge on any atom is 0.127 e. The Kier molecular flexibility index (Phi) is 9.42. The third-order valence-corrected chi connectivity index (χ3v) is 9.32. The van der Waals surface area contributed by atoms with Crippen molar-refractivity contribution < 1.29 is 4.74 Å². The summed E-state index contributed by atoms with van der Waals surface area (Å²) in [5.41, 5.74) is 7.97. The molecule has 0 N–H and O–H groups in total. The van der Waals surface area contributed by atoms with Crippen LogP contribution in [0.3, 0.4) is 0 Å². The SMILES string of the molecule is CCC(CC)(Pc1ccc(C)cc1CN(C)C)c1cc(C)cc(C(C)(C)C)c1OCc1ccccc1. The molecule has 0 saturated heterocycles. The molecule has 36 heavy (non-hydrogen) atoms. The van der Waals surface area contributed by atoms with Crippen molar-refractivity contribution in [2.75, 3.05) is 14.1 Å². The first kappa shape index (κ1) is 28.4. The minimum atomic E-state index is -0.0108. The van der Waals surface area contributed by atoms with Crippen LogP contribution in [0.1, 0.15) is 80.8 Å². The molecule has 3 heteroatoms. The van der Waals surface area contributed by atoms with E-state index in [0.29, 0.717) is 15.2 Å². The Morgan fingerprint density at radius 2 is 1.44 bits per heavy atom. The summed E-state index contributed by atoms with van der Waals surface area (Å²) in [6.07, 6.45) is 2.15. The van der Waals surface area contributed by atoms with Gasteiger partial charge in [-0.05, 0) is 62.6 Å². The van der Waals surface area contributed by atoms with E-state index in [4.69, 9.17) is 4.74 Å². The second kappa shape index (κ2) is 11.9. The molecule has 0 spiro atoms. The molecule has 0 aliphatic rings. The number of benzene rings is 3. The third-order valence-electron chi connectivity index (χ3n) is 7.11. The third kappa shape index (κ3) is 6.78. The fourth-order valence-electron chi connectivity index (χ4n) is 5.02. The monoisotopic (exact) mass is 503 g/mol. The van der Waals surface area contributed by atoms with Gasteiger partial charge in [-0.15, -0.1) is 0 Å². The molecule has 0 aliphatic carbocycles. The molecule has 0 fully saturated rings. The van der Waals surface area contributed by atoms with E-state index in [0.717, 1.165) is 25.1 Å². The highest BCUT2D eigenvalue weighted by Gasteiger charge is 2.35. The molecular formula is C33H46NOP. The second-order valence-electron chi connectivity index (χ2n) is 11.5. The van der Waals surface area contributed by atoms with E-state index in [1.807, 2.05) is 0 Å². The Bertz CT molecular complexity index is 1140. The van der Waals surface area contributed by atoms with Crippen LogP contribution in [-0.2, 0) is 23.7 Å². The highest BCUT2D eigenvalue weighted by atomic mass is 31.1. The molecule has 0 saturated carbocycles. The molecule has 0 heterocycles. The van der Waals surface area contributed by atoms with E-state index < -0.39 is 0 Å². The Labute approximate surface area is 222 Å². The van der Waals surface area contributed by atoms with Gasteiger partial charge in [0, 0.05) is 22.8 Å². The largest absolute Gasteiger partial charge is 0.488 e. The lowest BCUT2D eigenvalue weighted by atomic mass is 9.80. The molecule has 0 aliphatic heterocycles. The van der Waals surface area contributed by atoms with E-state index in [1.165, 1.54) is 38.7 Å². The van der Waals surface area contributed by atoms with E-state index in [9.17, 15) is 0 Å². The molecule has 3 aromatic carbocycles. The Morgan fingerprint density at radius 1 is 0.806 bits per heavy atom. The lowest BCUT2D eigenvalue weighted by Crippen LogP contribution is -2.27. The molecular weight excluding hydrogens is 457 g/mol. The van der Waals surface area contributed by atoms with Gasteiger partial charge in [-0.2, -0.15) is 0 Å². The summed E-state index contributed by atoms with van der Waals surface area (Å²) in [4.78, 5) is 2.28. The van der Waals surface area contributed by atoms with E-state index >= 15 is 0 Å². The molecule has 1 unspecified atom stereocenters. The lowest BCUT2D eigenvalue weighted by molar-refractivity contribution is 0.289. The van der Waals surface area contributed by atoms with Crippen molar-refractivity contribution in [3.8, 4) is 5.75 Å². The van der Waals surface area contributed by atoms with Gasteiger partial charge in [-0.25, -0.2) is 0 Å². The zero-order chi connectivity index (χ0) is 26.5. The number of nitrogens with zero attached hydrogens (tertiary/aromatic N) is 1. The summed E-state index contributed by atoms with van der Waals surface area (Å²) in [5.74, 6) is 1.09. The first-order valence-corrected chi connectivity index (χ1v) is 14.3. The number of hydrogen-bond donors (Lipinski definition) is 0. The van der Waals surface area contributed by atoms with Gasteiger partial charge in [0.25, 0.3) is 0 Å². The fourth-order valence-corrected chi connectivity index (χ4v) is 6.69. The standard InChI is InChI=1S/C33H46NOP/c1-10-33(11-2,36-30-18-17-24(3)19-27(30)22-34(8)9)29-21-25(4)20-28(32(5,6)7)31(29)35-23-26-15-13-12-14-16-26/h12-21,36H,10-11,22-23H2,1-9H3. The van der Waals surface area contributed by atoms with Gasteiger partial charge in [-0.3, -0.25) is 0 Å². The first-order chi connectivity index (χ1) is 17.0. The minimum Gasteiger partial charge on any atom is -0.488 e. The Morgan fingerprint density at radius 3 is 2.03 bits per heavy atom. The maximum absolute atomic E-state index is 6.79. The van der Waals surface area contributed by atoms with Crippen molar-refractivity contribution >= 4 is 13.9 Å². The van der Waals surface area contributed by atoms with E-state index in [-0.39, 0.29) is 10.6 Å². The fraction of sp³-hybridized carbons (Fsp3) is 0.455. The van der Waals surface area contributed by atoms with Crippen LogP contribution in [-0.4, -0.2) is 19.0 Å². The lowest BCUT2D eigenvalue weighted by Gasteiger charge is -2.37. The molecule has 0 aromatic heterocycles. The summed E-state index contributed by atoms with van der Waals surface area (Å²) >= 11 is 0. The molecule has 0 amide bonds. The number of hydrogen-bond acceptors (Lipinski definition) is 2. The van der Waals surface area contributed by atoms with Gasteiger partial charge in [0.2, 0.25) is 0 Å². The Hall–Kier alpha value is -2.15. The molecule has 3 rings (SSSR count). The van der Waals surface area contributed by atoms with E-state index in [2.05, 4.69) is 128 Å². The normalized spacial score (nSPS) is 12.6. The topological polar surface area (TPSA) is 12.5 Å². The van der Waals surface area contributed by atoms with Crippen LogP contribution in [0, 0.1) is 13.8 Å². The van der Waals surface area contributed by atoms with Gasteiger partial charge in [0.15, 0.2) is 0 Å². The first-order valence-electron chi connectivity index (χ1n) is 13.3. The van der Waals surface area contributed by atoms with Crippen LogP contribution in [0.4, 0.5) is 0 Å². The highest BCUT2D eigenvalue weighted by Crippen LogP contribution is 2.53. The summed E-state index contributed by atoms with van der Waals surface area (Å²) in [7, 11) is 5.00. The van der Waals surface area contributed by atoms with Crippen molar-refractivity contribution in [2.45, 2.75) is 85.0 Å². The van der Waals surface area contributed by atoms with Gasteiger partial charge < -0.3 is 9.64 Å². The minimum absolute atomic E-state index is 0.0108. The summed E-state index contributed by atoms with van der Waals surface area (Å²) in [6.45, 7) is 17.6. The van der Waals surface area contributed by atoms with Gasteiger partial charge in [0.05, 0.1) is 0 Å². The van der Waals surface area contributed by atoms with Crippen LogP contribution < -0.4 is 10.0 Å². The van der Waals surface area contributed by atoms with Crippen molar-refractivity contribution in [1.29, 1.82) is 0 Å². The zero-order valence-corrected chi connectivity index (χ0v) is 25.0. The zero-order valence-electron chi connectivity index (χ0n) is 24.0. The molecule has 1 atom stereocenters. The summed E-state index contributed by atoms with van der Waals surface area (Å²) < 4.78 is 6.79. The van der Waals surface area contributed by atoms with Crippen LogP contribution >= 0.6 is 8.58 Å². The smallest absolute Gasteiger partial charge is 0.127 e. The number of aryl methyl sites for hydroxylation is 2. The van der Waals surface area contributed by atoms with Gasteiger partial charge in [-0.1, -0.05) is 115 Å². The van der Waals surface area contributed by atoms with Crippen LogP contribution in [0.15, 0.2) is 60.7 Å².